The number of halogens is 1. The first-order valence-corrected chi connectivity index (χ1v) is 11.6. The highest BCUT2D eigenvalue weighted by Gasteiger charge is 2.43. The number of carbonyl (C=O) groups is 2. The van der Waals surface area contributed by atoms with E-state index in [0.717, 1.165) is 24.8 Å². The van der Waals surface area contributed by atoms with Crippen molar-refractivity contribution in [1.82, 2.24) is 10.2 Å². The normalized spacial score (nSPS) is 23.5. The standard InChI is InChI=1S/C23H32FN3O3S/c1-15(17-6-8-18(24)9-7-17)25-20-26-19(28)23(5,31-20)14-16-10-12-27(13-11-16)21(29)30-22(2,3)4/h6-9,15-16H,10-14H2,1-5H3,(H,25,26,28)/t15-,23?/m0/s1. The van der Waals surface area contributed by atoms with Crippen molar-refractivity contribution in [2.24, 2.45) is 10.9 Å². The summed E-state index contributed by atoms with van der Waals surface area (Å²) in [4.78, 5) is 30.9. The fourth-order valence-corrected chi connectivity index (χ4v) is 5.14. The molecule has 170 valence electrons. The molecular weight excluding hydrogens is 417 g/mol. The Bertz CT molecular complexity index is 845. The smallest absolute Gasteiger partial charge is 0.410 e. The lowest BCUT2D eigenvalue weighted by atomic mass is 9.87. The van der Waals surface area contributed by atoms with Gasteiger partial charge < -0.3 is 15.0 Å². The van der Waals surface area contributed by atoms with E-state index in [2.05, 4.69) is 10.3 Å². The van der Waals surface area contributed by atoms with Gasteiger partial charge in [0.15, 0.2) is 5.17 Å². The zero-order valence-electron chi connectivity index (χ0n) is 18.9. The van der Waals surface area contributed by atoms with Gasteiger partial charge in [-0.3, -0.25) is 4.79 Å². The number of amidine groups is 1. The van der Waals surface area contributed by atoms with Crippen LogP contribution in [0.4, 0.5) is 9.18 Å². The maximum atomic E-state index is 13.1. The Morgan fingerprint density at radius 3 is 2.52 bits per heavy atom. The van der Waals surface area contributed by atoms with Crippen molar-refractivity contribution in [2.75, 3.05) is 13.1 Å². The molecular formula is C23H32FN3O3S. The average molecular weight is 450 g/mol. The van der Waals surface area contributed by atoms with Gasteiger partial charge in [0.05, 0.1) is 6.04 Å². The van der Waals surface area contributed by atoms with Crippen LogP contribution in [0.1, 0.15) is 65.5 Å². The largest absolute Gasteiger partial charge is 0.444 e. The van der Waals surface area contributed by atoms with Gasteiger partial charge in [0.25, 0.3) is 5.91 Å². The number of amides is 2. The van der Waals surface area contributed by atoms with Crippen LogP contribution < -0.4 is 5.32 Å². The third kappa shape index (κ3) is 6.21. The van der Waals surface area contributed by atoms with E-state index in [0.29, 0.717) is 24.2 Å². The Balaban J connectivity index is 1.51. The van der Waals surface area contributed by atoms with Gasteiger partial charge in [-0.1, -0.05) is 23.9 Å². The molecule has 0 bridgehead atoms. The van der Waals surface area contributed by atoms with Crippen LogP contribution >= 0.6 is 11.8 Å². The monoisotopic (exact) mass is 449 g/mol. The predicted octanol–water partition coefficient (Wildman–Crippen LogP) is 4.90. The molecule has 0 radical (unpaired) electrons. The lowest BCUT2D eigenvalue weighted by Crippen LogP contribution is -2.43. The van der Waals surface area contributed by atoms with Crippen LogP contribution in [-0.2, 0) is 9.53 Å². The van der Waals surface area contributed by atoms with Crippen LogP contribution in [-0.4, -0.2) is 45.5 Å². The highest BCUT2D eigenvalue weighted by Crippen LogP contribution is 2.41. The Morgan fingerprint density at radius 1 is 1.32 bits per heavy atom. The molecule has 2 aliphatic rings. The van der Waals surface area contributed by atoms with Crippen LogP contribution in [0.25, 0.3) is 0 Å². The molecule has 2 atom stereocenters. The molecule has 0 aromatic heterocycles. The topological polar surface area (TPSA) is 71.0 Å². The molecule has 1 saturated heterocycles. The number of rotatable bonds is 4. The van der Waals surface area contributed by atoms with E-state index in [1.807, 2.05) is 34.6 Å². The van der Waals surface area contributed by atoms with E-state index in [4.69, 9.17) is 4.74 Å². The first-order valence-electron chi connectivity index (χ1n) is 10.8. The van der Waals surface area contributed by atoms with Crippen molar-refractivity contribution in [3.05, 3.63) is 35.6 Å². The number of hydrogen-bond acceptors (Lipinski definition) is 5. The predicted molar refractivity (Wildman–Crippen MR) is 122 cm³/mol. The summed E-state index contributed by atoms with van der Waals surface area (Å²) in [5.74, 6) is -0.0471. The van der Waals surface area contributed by atoms with Crippen LogP contribution in [0, 0.1) is 11.7 Å². The maximum absolute atomic E-state index is 13.1. The number of piperidine rings is 1. The third-order valence-corrected chi connectivity index (χ3v) is 6.83. The summed E-state index contributed by atoms with van der Waals surface area (Å²) < 4.78 is 18.0. The number of nitrogens with zero attached hydrogens (tertiary/aromatic N) is 2. The fourth-order valence-electron chi connectivity index (χ4n) is 3.90. The van der Waals surface area contributed by atoms with Crippen molar-refractivity contribution < 1.29 is 18.7 Å². The van der Waals surface area contributed by atoms with Crippen molar-refractivity contribution in [1.29, 1.82) is 0 Å². The molecule has 1 aromatic rings. The first-order chi connectivity index (χ1) is 14.4. The third-order valence-electron chi connectivity index (χ3n) is 5.63. The van der Waals surface area contributed by atoms with Gasteiger partial charge in [-0.2, -0.15) is 4.99 Å². The maximum Gasteiger partial charge on any atom is 0.410 e. The summed E-state index contributed by atoms with van der Waals surface area (Å²) in [6.07, 6.45) is 2.14. The van der Waals surface area contributed by atoms with E-state index in [1.165, 1.54) is 23.9 Å². The van der Waals surface area contributed by atoms with Gasteiger partial charge in [0.2, 0.25) is 0 Å². The minimum Gasteiger partial charge on any atom is -0.444 e. The second-order valence-corrected chi connectivity index (χ2v) is 11.1. The fraction of sp³-hybridized carbons (Fsp3) is 0.609. The molecule has 0 saturated carbocycles. The van der Waals surface area contributed by atoms with E-state index >= 15 is 0 Å². The lowest BCUT2D eigenvalue weighted by Gasteiger charge is -2.35. The molecule has 6 nitrogen and oxygen atoms in total. The molecule has 8 heteroatoms. The molecule has 0 spiro atoms. The van der Waals surface area contributed by atoms with Gasteiger partial charge in [-0.15, -0.1) is 0 Å². The molecule has 1 fully saturated rings. The molecule has 0 aliphatic carbocycles. The van der Waals surface area contributed by atoms with Crippen LogP contribution in [0.2, 0.25) is 0 Å². The van der Waals surface area contributed by atoms with Crippen molar-refractivity contribution >= 4 is 28.9 Å². The van der Waals surface area contributed by atoms with Gasteiger partial charge in [0, 0.05) is 13.1 Å². The summed E-state index contributed by atoms with van der Waals surface area (Å²) >= 11 is 1.47. The number of likely N-dealkylation sites (tertiary alicyclic amines) is 1. The summed E-state index contributed by atoms with van der Waals surface area (Å²) in [6.45, 7) is 10.8. The van der Waals surface area contributed by atoms with Crippen molar-refractivity contribution in [3.63, 3.8) is 0 Å². The zero-order valence-corrected chi connectivity index (χ0v) is 19.7. The number of aliphatic imine (C=N–C) groups is 1. The molecule has 2 heterocycles. The van der Waals surface area contributed by atoms with Gasteiger partial charge in [-0.05, 0) is 77.5 Å². The number of hydrogen-bond donors (Lipinski definition) is 1. The summed E-state index contributed by atoms with van der Waals surface area (Å²) in [5, 5.41) is 3.89. The van der Waals surface area contributed by atoms with E-state index in [9.17, 15) is 14.0 Å². The van der Waals surface area contributed by atoms with E-state index in [1.54, 1.807) is 17.0 Å². The highest BCUT2D eigenvalue weighted by atomic mass is 32.2. The van der Waals surface area contributed by atoms with Gasteiger partial charge in [-0.25, -0.2) is 9.18 Å². The molecule has 1 aromatic carbocycles. The van der Waals surface area contributed by atoms with E-state index < -0.39 is 10.3 Å². The molecule has 1 unspecified atom stereocenters. The number of ether oxygens (including phenoxy) is 1. The average Bonchev–Trinajstić information content (AvgIpc) is 2.94. The second kappa shape index (κ2) is 9.18. The van der Waals surface area contributed by atoms with E-state index in [-0.39, 0.29) is 23.9 Å². The number of nitrogens with one attached hydrogen (secondary N) is 1. The Kier molecular flexibility index (Phi) is 6.98. The summed E-state index contributed by atoms with van der Waals surface area (Å²) in [7, 11) is 0. The summed E-state index contributed by atoms with van der Waals surface area (Å²) in [5.41, 5.74) is 0.431. The van der Waals surface area contributed by atoms with Gasteiger partial charge >= 0.3 is 6.09 Å². The minimum absolute atomic E-state index is 0.0842. The van der Waals surface area contributed by atoms with Crippen LogP contribution in [0.5, 0.6) is 0 Å². The Morgan fingerprint density at radius 2 is 1.94 bits per heavy atom. The molecule has 2 aliphatic heterocycles. The first kappa shape index (κ1) is 23.6. The second-order valence-electron chi connectivity index (χ2n) is 9.59. The number of thioether (sulfide) groups is 1. The SMILES string of the molecule is C[C@H](NC1=NC(=O)C(C)(CC2CCN(C(=O)OC(C)(C)C)CC2)S1)c1ccc(F)cc1. The van der Waals surface area contributed by atoms with Crippen molar-refractivity contribution in [3.8, 4) is 0 Å². The quantitative estimate of drug-likeness (QED) is 0.708. The Labute approximate surface area is 188 Å². The van der Waals surface area contributed by atoms with Crippen LogP contribution in [0.15, 0.2) is 29.3 Å². The molecule has 3 rings (SSSR count). The van der Waals surface area contributed by atoms with Gasteiger partial charge in [0.1, 0.15) is 16.2 Å². The van der Waals surface area contributed by atoms with Crippen LogP contribution in [0.3, 0.4) is 0 Å². The zero-order chi connectivity index (χ0) is 22.8. The van der Waals surface area contributed by atoms with Crippen molar-refractivity contribution in [2.45, 2.75) is 70.3 Å². The Hall–Kier alpha value is -2.09. The lowest BCUT2D eigenvalue weighted by molar-refractivity contribution is -0.120. The summed E-state index contributed by atoms with van der Waals surface area (Å²) in [6, 6.07) is 6.23. The minimum atomic E-state index is -0.608. The highest BCUT2D eigenvalue weighted by molar-refractivity contribution is 8.16. The molecule has 31 heavy (non-hydrogen) atoms. The molecule has 1 N–H and O–H groups in total. The number of benzene rings is 1. The molecule has 2 amide bonds. The number of carbonyl (C=O) groups excluding carboxylic acids is 2.